The molecule has 1 saturated heterocycles. The van der Waals surface area contributed by atoms with Crippen molar-refractivity contribution >= 4 is 29.6 Å². The second-order valence-corrected chi connectivity index (χ2v) is 12.1. The molecule has 39 heavy (non-hydrogen) atoms. The molecule has 3 fully saturated rings. The Balaban J connectivity index is 1.86. The molecule has 1 unspecified atom stereocenters. The molecule has 1 spiro atoms. The number of hydrogen-bond acceptors (Lipinski definition) is 6. The van der Waals surface area contributed by atoms with Crippen LogP contribution in [0.1, 0.15) is 66.2 Å². The number of halogens is 4. The lowest BCUT2D eigenvalue weighted by Crippen LogP contribution is -2.59. The van der Waals surface area contributed by atoms with Gasteiger partial charge in [-0.1, -0.05) is 20.8 Å². The molecule has 1 heterocycles. The molecule has 3 rings (SSSR count). The lowest BCUT2D eigenvalue weighted by molar-refractivity contribution is -0.144. The SMILES string of the molecule is COC(=O)N[C@H](C(=O)N1CC2(C[C@H]1C(=O)N[C@@H](CCC(C)(F)F)C(=O)C(=O)NC1CC1)CC2(F)F)C(C)(C)C. The highest BCUT2D eigenvalue weighted by atomic mass is 19.3. The third kappa shape index (κ3) is 7.18. The average molecular weight is 565 g/mol. The standard InChI is InChI=1S/C25H36F4N4O6/c1-22(2,3)17(32-21(38)39-5)20(37)33-12-24(11-25(24,28)29)10-15(33)18(35)31-14(8-9-23(4,26)27)16(34)19(36)30-13-6-7-13/h13-15,17H,6-12H2,1-5H3,(H,30,36)(H,31,35)(H,32,38)/t14-,15-,17+,24?/m0/s1. The van der Waals surface area contributed by atoms with Gasteiger partial charge in [0.1, 0.15) is 12.1 Å². The predicted octanol–water partition coefficient (Wildman–Crippen LogP) is 2.15. The molecule has 0 aromatic heterocycles. The van der Waals surface area contributed by atoms with Gasteiger partial charge in [-0.25, -0.2) is 22.4 Å². The molecule has 3 N–H and O–H groups in total. The van der Waals surface area contributed by atoms with Gasteiger partial charge in [-0.2, -0.15) is 0 Å². The van der Waals surface area contributed by atoms with E-state index in [9.17, 15) is 41.5 Å². The van der Waals surface area contributed by atoms with Crippen LogP contribution in [-0.4, -0.2) is 84.2 Å². The largest absolute Gasteiger partial charge is 0.453 e. The zero-order valence-corrected chi connectivity index (χ0v) is 22.7. The minimum Gasteiger partial charge on any atom is -0.453 e. The minimum absolute atomic E-state index is 0.207. The molecule has 220 valence electrons. The van der Waals surface area contributed by atoms with Crippen LogP contribution in [-0.2, 0) is 23.9 Å². The Bertz CT molecular complexity index is 1020. The van der Waals surface area contributed by atoms with E-state index in [1.807, 2.05) is 0 Å². The van der Waals surface area contributed by atoms with Gasteiger partial charge in [-0.05, 0) is 38.0 Å². The molecule has 2 aliphatic carbocycles. The second-order valence-electron chi connectivity index (χ2n) is 12.1. The Morgan fingerprint density at radius 2 is 1.64 bits per heavy atom. The number of Topliss-reactive ketones (excluding diaryl/α,β-unsaturated/α-hetero) is 1. The number of methoxy groups -OCH3 is 1. The van der Waals surface area contributed by atoms with Crippen molar-refractivity contribution in [3.05, 3.63) is 0 Å². The fraction of sp³-hybridized carbons (Fsp3) is 0.800. The van der Waals surface area contributed by atoms with Gasteiger partial charge in [-0.15, -0.1) is 0 Å². The van der Waals surface area contributed by atoms with Crippen LogP contribution in [0.3, 0.4) is 0 Å². The summed E-state index contributed by atoms with van der Waals surface area (Å²) >= 11 is 0. The van der Waals surface area contributed by atoms with E-state index in [4.69, 9.17) is 0 Å². The fourth-order valence-corrected chi connectivity index (χ4v) is 4.79. The first kappa shape index (κ1) is 30.6. The number of carbonyl (C=O) groups excluding carboxylic acids is 5. The van der Waals surface area contributed by atoms with Crippen molar-refractivity contribution in [2.45, 2.75) is 102 Å². The van der Waals surface area contributed by atoms with Crippen LogP contribution in [0.4, 0.5) is 22.4 Å². The van der Waals surface area contributed by atoms with Crippen LogP contribution in [0.5, 0.6) is 0 Å². The maximum Gasteiger partial charge on any atom is 0.407 e. The van der Waals surface area contributed by atoms with E-state index in [2.05, 4.69) is 20.7 Å². The Hall–Kier alpha value is -2.93. The smallest absolute Gasteiger partial charge is 0.407 e. The summed E-state index contributed by atoms with van der Waals surface area (Å²) in [5.74, 6) is -10.4. The van der Waals surface area contributed by atoms with Crippen molar-refractivity contribution in [2.24, 2.45) is 10.8 Å². The number of likely N-dealkylation sites (tertiary alicyclic amines) is 1. The van der Waals surface area contributed by atoms with Crippen LogP contribution in [0.15, 0.2) is 0 Å². The van der Waals surface area contributed by atoms with E-state index in [1.54, 1.807) is 20.8 Å². The van der Waals surface area contributed by atoms with Gasteiger partial charge < -0.3 is 25.6 Å². The van der Waals surface area contributed by atoms with Crippen molar-refractivity contribution in [2.75, 3.05) is 13.7 Å². The number of alkyl carbamates (subject to hydrolysis) is 1. The van der Waals surface area contributed by atoms with E-state index in [0.29, 0.717) is 19.8 Å². The van der Waals surface area contributed by atoms with Crippen molar-refractivity contribution in [3.63, 3.8) is 0 Å². The number of amides is 4. The van der Waals surface area contributed by atoms with Gasteiger partial charge in [0.25, 0.3) is 11.8 Å². The number of nitrogens with zero attached hydrogens (tertiary/aromatic N) is 1. The molecule has 0 bridgehead atoms. The Kier molecular flexibility index (Phi) is 8.29. The quantitative estimate of drug-likeness (QED) is 0.275. The third-order valence-electron chi connectivity index (χ3n) is 7.43. The molecule has 4 amide bonds. The van der Waals surface area contributed by atoms with E-state index >= 15 is 0 Å². The summed E-state index contributed by atoms with van der Waals surface area (Å²) < 4.78 is 60.6. The van der Waals surface area contributed by atoms with Crippen molar-refractivity contribution in [1.82, 2.24) is 20.9 Å². The fourth-order valence-electron chi connectivity index (χ4n) is 4.79. The van der Waals surface area contributed by atoms with Gasteiger partial charge in [0, 0.05) is 25.4 Å². The zero-order chi connectivity index (χ0) is 29.6. The summed E-state index contributed by atoms with van der Waals surface area (Å²) in [6.45, 7) is 5.00. The van der Waals surface area contributed by atoms with Crippen LogP contribution in [0.25, 0.3) is 0 Å². The lowest BCUT2D eigenvalue weighted by Gasteiger charge is -2.35. The number of nitrogens with one attached hydrogen (secondary N) is 3. The van der Waals surface area contributed by atoms with Crippen LogP contribution in [0.2, 0.25) is 0 Å². The maximum atomic E-state index is 14.4. The first-order valence-corrected chi connectivity index (χ1v) is 12.9. The highest BCUT2D eigenvalue weighted by Crippen LogP contribution is 2.66. The summed E-state index contributed by atoms with van der Waals surface area (Å²) in [7, 11) is 1.09. The summed E-state index contributed by atoms with van der Waals surface area (Å²) in [6, 6.07) is -4.61. The molecule has 0 aromatic carbocycles. The normalized spacial score (nSPS) is 25.5. The topological polar surface area (TPSA) is 134 Å². The molecule has 4 atom stereocenters. The summed E-state index contributed by atoms with van der Waals surface area (Å²) in [5, 5.41) is 7.11. The van der Waals surface area contributed by atoms with Crippen molar-refractivity contribution in [1.29, 1.82) is 0 Å². The Morgan fingerprint density at radius 3 is 2.10 bits per heavy atom. The second kappa shape index (κ2) is 10.6. The number of rotatable bonds is 10. The number of ketones is 1. The number of hydrogen-bond donors (Lipinski definition) is 3. The zero-order valence-electron chi connectivity index (χ0n) is 22.7. The molecule has 1 aliphatic heterocycles. The summed E-state index contributed by atoms with van der Waals surface area (Å²) in [4.78, 5) is 65.0. The van der Waals surface area contributed by atoms with Gasteiger partial charge in [0.2, 0.25) is 23.5 Å². The van der Waals surface area contributed by atoms with Crippen LogP contribution in [0, 0.1) is 10.8 Å². The summed E-state index contributed by atoms with van der Waals surface area (Å²) in [6.07, 6.45) is -2.03. The van der Waals surface area contributed by atoms with Crippen LogP contribution >= 0.6 is 0 Å². The van der Waals surface area contributed by atoms with E-state index in [0.717, 1.165) is 12.0 Å². The highest BCUT2D eigenvalue weighted by Gasteiger charge is 2.75. The molecular formula is C25H36F4N4O6. The highest BCUT2D eigenvalue weighted by molar-refractivity contribution is 6.38. The molecule has 10 nitrogen and oxygen atoms in total. The molecule has 14 heteroatoms. The molecule has 3 aliphatic rings. The van der Waals surface area contributed by atoms with E-state index < -0.39 is 103 Å². The third-order valence-corrected chi connectivity index (χ3v) is 7.43. The lowest BCUT2D eigenvalue weighted by atomic mass is 9.85. The Morgan fingerprint density at radius 1 is 1.05 bits per heavy atom. The maximum absolute atomic E-state index is 14.4. The van der Waals surface area contributed by atoms with Crippen LogP contribution < -0.4 is 16.0 Å². The van der Waals surface area contributed by atoms with Crippen molar-refractivity contribution < 1.29 is 46.3 Å². The summed E-state index contributed by atoms with van der Waals surface area (Å²) in [5.41, 5.74) is -2.59. The molecule has 0 aromatic rings. The monoisotopic (exact) mass is 564 g/mol. The van der Waals surface area contributed by atoms with E-state index in [-0.39, 0.29) is 6.04 Å². The number of carbonyl (C=O) groups is 5. The molecular weight excluding hydrogens is 528 g/mol. The first-order valence-electron chi connectivity index (χ1n) is 12.9. The van der Waals surface area contributed by atoms with Gasteiger partial charge >= 0.3 is 6.09 Å². The average Bonchev–Trinajstić information content (AvgIpc) is 3.67. The number of alkyl halides is 4. The van der Waals surface area contributed by atoms with E-state index in [1.165, 1.54) is 0 Å². The number of ether oxygens (including phenoxy) is 1. The minimum atomic E-state index is -3.20. The van der Waals surface area contributed by atoms with Crippen molar-refractivity contribution in [3.8, 4) is 0 Å². The van der Waals surface area contributed by atoms with Gasteiger partial charge in [0.05, 0.1) is 18.6 Å². The predicted molar refractivity (Wildman–Crippen MR) is 129 cm³/mol. The Labute approximate surface area is 223 Å². The van der Waals surface area contributed by atoms with Gasteiger partial charge in [0.15, 0.2) is 0 Å². The molecule has 2 saturated carbocycles. The molecule has 0 radical (unpaired) electrons. The van der Waals surface area contributed by atoms with Gasteiger partial charge in [-0.3, -0.25) is 19.2 Å². The first-order chi connectivity index (χ1) is 17.8.